The summed E-state index contributed by atoms with van der Waals surface area (Å²) in [5.74, 6) is 0. The van der Waals surface area contributed by atoms with Gasteiger partial charge in [0.15, 0.2) is 0 Å². The molecule has 2 nitrogen and oxygen atoms in total. The lowest BCUT2D eigenvalue weighted by Gasteiger charge is -2.41. The van der Waals surface area contributed by atoms with Gasteiger partial charge in [0, 0.05) is 0 Å². The van der Waals surface area contributed by atoms with Crippen LogP contribution in [0.3, 0.4) is 0 Å². The molecule has 0 saturated carbocycles. The molecule has 0 aromatic rings. The van der Waals surface area contributed by atoms with Gasteiger partial charge in [-0.2, -0.15) is 0 Å². The van der Waals surface area contributed by atoms with Crippen LogP contribution in [0.2, 0.25) is 0 Å². The minimum atomic E-state index is 0.0129. The van der Waals surface area contributed by atoms with Crippen LogP contribution < -0.4 is 0 Å². The second kappa shape index (κ2) is 20.6. The Kier molecular flexibility index (Phi) is 20.6. The van der Waals surface area contributed by atoms with Crippen LogP contribution in [0.5, 0.6) is 0 Å². The van der Waals surface area contributed by atoms with Crippen molar-refractivity contribution >= 4 is 0 Å². The maximum absolute atomic E-state index is 12.2. The molecule has 0 rings (SSSR count). The molecular weight excluding hydrogens is 330 g/mol. The average Bonchev–Trinajstić information content (AvgIpc) is 2.69. The minimum Gasteiger partial charge on any atom is -0.633 e. The predicted molar refractivity (Wildman–Crippen MR) is 123 cm³/mol. The molecule has 164 valence electrons. The molecule has 0 aromatic carbocycles. The molecule has 0 radical (unpaired) electrons. The molecule has 0 heterocycles. The summed E-state index contributed by atoms with van der Waals surface area (Å²) in [6, 6.07) is 0. The Balaban J connectivity index is 3.11. The molecule has 0 spiro atoms. The van der Waals surface area contributed by atoms with Crippen molar-refractivity contribution < 1.29 is 4.65 Å². The second-order valence-corrected chi connectivity index (χ2v) is 8.78. The van der Waals surface area contributed by atoms with Crippen molar-refractivity contribution in [1.29, 1.82) is 0 Å². The molecule has 2 heteroatoms. The quantitative estimate of drug-likeness (QED) is 0.104. The minimum absolute atomic E-state index is 0.0129. The highest BCUT2D eigenvalue weighted by Crippen LogP contribution is 2.15. The number of hydroxylamine groups is 3. The van der Waals surface area contributed by atoms with Gasteiger partial charge in [0.2, 0.25) is 0 Å². The summed E-state index contributed by atoms with van der Waals surface area (Å²) >= 11 is 0. The standard InChI is InChI=1S/C25H53NO/c1-4-7-8-9-10-11-12-13-14-15-16-17-18-19-20-21-22-23-24-25-26(27,5-2)6-3/h4-25H2,1-3H3. The van der Waals surface area contributed by atoms with Crippen LogP contribution in [-0.2, 0) is 0 Å². The average molecular weight is 384 g/mol. The molecule has 0 fully saturated rings. The normalized spacial score (nSPS) is 12.0. The van der Waals surface area contributed by atoms with Gasteiger partial charge in [0.25, 0.3) is 0 Å². The fraction of sp³-hybridized carbons (Fsp3) is 1.00. The van der Waals surface area contributed by atoms with Gasteiger partial charge < -0.3 is 9.85 Å². The monoisotopic (exact) mass is 383 g/mol. The molecule has 27 heavy (non-hydrogen) atoms. The van der Waals surface area contributed by atoms with Crippen molar-refractivity contribution in [3.05, 3.63) is 5.21 Å². The number of rotatable bonds is 22. The summed E-state index contributed by atoms with van der Waals surface area (Å²) in [5.41, 5.74) is 0. The Morgan fingerprint density at radius 2 is 0.667 bits per heavy atom. The van der Waals surface area contributed by atoms with Crippen molar-refractivity contribution in [2.45, 2.75) is 143 Å². The Hall–Kier alpha value is -0.0800. The lowest BCUT2D eigenvalue weighted by atomic mass is 10.0. The van der Waals surface area contributed by atoms with Gasteiger partial charge >= 0.3 is 0 Å². The number of hydrogen-bond acceptors (Lipinski definition) is 1. The summed E-state index contributed by atoms with van der Waals surface area (Å²) in [5, 5.41) is 12.2. The van der Waals surface area contributed by atoms with E-state index in [2.05, 4.69) is 6.92 Å². The van der Waals surface area contributed by atoms with Gasteiger partial charge in [0.05, 0.1) is 19.6 Å². The Morgan fingerprint density at radius 1 is 0.407 bits per heavy atom. The highest BCUT2D eigenvalue weighted by Gasteiger charge is 2.09. The van der Waals surface area contributed by atoms with E-state index in [0.29, 0.717) is 0 Å². The largest absolute Gasteiger partial charge is 0.633 e. The van der Waals surface area contributed by atoms with Crippen LogP contribution in [0.4, 0.5) is 0 Å². The number of quaternary nitrogens is 1. The molecule has 0 bridgehead atoms. The molecule has 0 aliphatic rings. The molecular formula is C25H53NO. The van der Waals surface area contributed by atoms with Crippen LogP contribution in [0, 0.1) is 5.21 Å². The molecule has 0 aliphatic heterocycles. The predicted octanol–water partition coefficient (Wildman–Crippen LogP) is 8.77. The van der Waals surface area contributed by atoms with E-state index in [1.165, 1.54) is 116 Å². The molecule has 0 atom stereocenters. The van der Waals surface area contributed by atoms with E-state index in [0.717, 1.165) is 26.1 Å². The molecule has 0 N–H and O–H groups in total. The van der Waals surface area contributed by atoms with E-state index in [9.17, 15) is 5.21 Å². The lowest BCUT2D eigenvalue weighted by molar-refractivity contribution is -0.877. The first-order valence-corrected chi connectivity index (χ1v) is 12.8. The van der Waals surface area contributed by atoms with Crippen molar-refractivity contribution in [1.82, 2.24) is 0 Å². The van der Waals surface area contributed by atoms with Crippen molar-refractivity contribution in [3.8, 4) is 0 Å². The number of nitrogens with zero attached hydrogens (tertiary/aromatic N) is 1. The van der Waals surface area contributed by atoms with Crippen LogP contribution >= 0.6 is 0 Å². The molecule has 0 saturated heterocycles. The third-order valence-electron chi connectivity index (χ3n) is 6.32. The third-order valence-corrected chi connectivity index (χ3v) is 6.32. The van der Waals surface area contributed by atoms with Crippen molar-refractivity contribution in [3.63, 3.8) is 0 Å². The molecule has 0 amide bonds. The molecule has 0 aliphatic carbocycles. The fourth-order valence-corrected chi connectivity index (χ4v) is 4.02. The Labute approximate surface area is 172 Å². The SMILES string of the molecule is CCCCCCCCCCCCCCCCCCCCC[N+]([O-])(CC)CC. The third kappa shape index (κ3) is 19.0. The zero-order valence-corrected chi connectivity index (χ0v) is 19.4. The number of unbranched alkanes of at least 4 members (excludes halogenated alkanes) is 18. The van der Waals surface area contributed by atoms with E-state index in [-0.39, 0.29) is 4.65 Å². The van der Waals surface area contributed by atoms with E-state index in [1.807, 2.05) is 13.8 Å². The van der Waals surface area contributed by atoms with Crippen molar-refractivity contribution in [2.75, 3.05) is 19.6 Å². The first kappa shape index (κ1) is 26.9. The summed E-state index contributed by atoms with van der Waals surface area (Å²) in [6.07, 6.45) is 26.7. The highest BCUT2D eigenvalue weighted by atomic mass is 16.5. The highest BCUT2D eigenvalue weighted by molar-refractivity contribution is 4.51. The molecule has 0 aromatic heterocycles. The van der Waals surface area contributed by atoms with Gasteiger partial charge in [-0.3, -0.25) is 0 Å². The summed E-state index contributed by atoms with van der Waals surface area (Å²) < 4.78 is 0.0129. The summed E-state index contributed by atoms with van der Waals surface area (Å²) in [7, 11) is 0. The topological polar surface area (TPSA) is 23.1 Å². The maximum atomic E-state index is 12.2. The fourth-order valence-electron chi connectivity index (χ4n) is 4.02. The Morgan fingerprint density at radius 3 is 0.926 bits per heavy atom. The molecule has 0 unspecified atom stereocenters. The lowest BCUT2D eigenvalue weighted by Crippen LogP contribution is -2.42. The van der Waals surface area contributed by atoms with Gasteiger partial charge in [0.1, 0.15) is 0 Å². The van der Waals surface area contributed by atoms with Crippen LogP contribution in [-0.4, -0.2) is 24.3 Å². The van der Waals surface area contributed by atoms with Crippen molar-refractivity contribution in [2.24, 2.45) is 0 Å². The van der Waals surface area contributed by atoms with Crippen LogP contribution in [0.25, 0.3) is 0 Å². The first-order chi connectivity index (χ1) is 13.2. The zero-order chi connectivity index (χ0) is 20.1. The van der Waals surface area contributed by atoms with Crippen LogP contribution in [0.1, 0.15) is 143 Å². The van der Waals surface area contributed by atoms with Gasteiger partial charge in [-0.05, 0) is 26.7 Å². The van der Waals surface area contributed by atoms with Crippen LogP contribution in [0.15, 0.2) is 0 Å². The van der Waals surface area contributed by atoms with E-state index in [1.54, 1.807) is 0 Å². The van der Waals surface area contributed by atoms with Gasteiger partial charge in [-0.1, -0.05) is 116 Å². The van der Waals surface area contributed by atoms with E-state index < -0.39 is 0 Å². The smallest absolute Gasteiger partial charge is 0.0783 e. The Bertz CT molecular complexity index is 275. The van der Waals surface area contributed by atoms with E-state index >= 15 is 0 Å². The zero-order valence-electron chi connectivity index (χ0n) is 19.4. The van der Waals surface area contributed by atoms with E-state index in [4.69, 9.17) is 0 Å². The maximum Gasteiger partial charge on any atom is 0.0783 e. The number of hydrogen-bond donors (Lipinski definition) is 0. The first-order valence-electron chi connectivity index (χ1n) is 12.8. The summed E-state index contributed by atoms with van der Waals surface area (Å²) in [6.45, 7) is 8.62. The summed E-state index contributed by atoms with van der Waals surface area (Å²) in [4.78, 5) is 0. The van der Waals surface area contributed by atoms with Gasteiger partial charge in [-0.15, -0.1) is 0 Å². The van der Waals surface area contributed by atoms with Gasteiger partial charge in [-0.25, -0.2) is 0 Å². The second-order valence-electron chi connectivity index (χ2n) is 8.78.